The van der Waals surface area contributed by atoms with E-state index in [1.54, 1.807) is 0 Å². The smallest absolute Gasteiger partial charge is 0.119 e. The average Bonchev–Trinajstić information content (AvgIpc) is 2.74. The second kappa shape index (κ2) is 8.28. The summed E-state index contributed by atoms with van der Waals surface area (Å²) in [5.41, 5.74) is 0.986. The molecule has 1 fully saturated rings. The van der Waals surface area contributed by atoms with Crippen LogP contribution >= 0.6 is 0 Å². The molecule has 1 aromatic rings. The van der Waals surface area contributed by atoms with Crippen LogP contribution in [-0.2, 0) is 0 Å². The lowest BCUT2D eigenvalue weighted by molar-refractivity contribution is 0.150. The predicted octanol–water partition coefficient (Wildman–Crippen LogP) is 3.43. The van der Waals surface area contributed by atoms with Crippen LogP contribution in [0, 0.1) is 0 Å². The molecule has 0 bridgehead atoms. The van der Waals surface area contributed by atoms with Crippen molar-refractivity contribution >= 4 is 0 Å². The number of benzene rings is 1. The number of aliphatic hydroxyl groups is 1. The van der Waals surface area contributed by atoms with E-state index in [0.29, 0.717) is 6.04 Å². The third-order valence-electron chi connectivity index (χ3n) is 3.91. The Labute approximate surface area is 122 Å². The number of rotatable bonds is 6. The zero-order valence-corrected chi connectivity index (χ0v) is 12.5. The van der Waals surface area contributed by atoms with Crippen molar-refractivity contribution in [3.05, 3.63) is 29.8 Å². The van der Waals surface area contributed by atoms with Gasteiger partial charge < -0.3 is 15.2 Å². The Balaban J connectivity index is 1.86. The topological polar surface area (TPSA) is 41.5 Å². The largest absolute Gasteiger partial charge is 0.494 e. The van der Waals surface area contributed by atoms with Crippen molar-refractivity contribution in [3.63, 3.8) is 0 Å². The third-order valence-corrected chi connectivity index (χ3v) is 3.91. The molecule has 1 aliphatic rings. The van der Waals surface area contributed by atoms with Gasteiger partial charge in [-0.1, -0.05) is 31.9 Å². The number of nitrogens with one attached hydrogen (secondary N) is 1. The van der Waals surface area contributed by atoms with E-state index in [-0.39, 0.29) is 6.10 Å². The van der Waals surface area contributed by atoms with Crippen LogP contribution in [-0.4, -0.2) is 24.3 Å². The number of hydrogen-bond acceptors (Lipinski definition) is 3. The molecule has 1 heterocycles. The first-order valence-corrected chi connectivity index (χ1v) is 7.94. The van der Waals surface area contributed by atoms with Gasteiger partial charge in [0.15, 0.2) is 0 Å². The van der Waals surface area contributed by atoms with Gasteiger partial charge in [-0.05, 0) is 49.9 Å². The first kappa shape index (κ1) is 15.3. The summed E-state index contributed by atoms with van der Waals surface area (Å²) in [5, 5.41) is 13.9. The Kier molecular flexibility index (Phi) is 6.34. The van der Waals surface area contributed by atoms with Gasteiger partial charge >= 0.3 is 0 Å². The predicted molar refractivity (Wildman–Crippen MR) is 82.1 cm³/mol. The molecule has 0 saturated carbocycles. The summed E-state index contributed by atoms with van der Waals surface area (Å²) in [6, 6.07) is 8.31. The summed E-state index contributed by atoms with van der Waals surface area (Å²) in [5.74, 6) is 0.885. The number of ether oxygens (including phenoxy) is 1. The Morgan fingerprint density at radius 1 is 1.25 bits per heavy atom. The molecule has 0 aliphatic carbocycles. The highest BCUT2D eigenvalue weighted by Gasteiger charge is 2.17. The monoisotopic (exact) mass is 277 g/mol. The lowest BCUT2D eigenvalue weighted by Gasteiger charge is -2.20. The molecule has 1 aliphatic heterocycles. The van der Waals surface area contributed by atoms with Gasteiger partial charge in [0.2, 0.25) is 0 Å². The van der Waals surface area contributed by atoms with Crippen molar-refractivity contribution < 1.29 is 9.84 Å². The molecule has 112 valence electrons. The summed E-state index contributed by atoms with van der Waals surface area (Å²) in [6.07, 6.45) is 6.44. The molecule has 20 heavy (non-hydrogen) atoms. The van der Waals surface area contributed by atoms with Gasteiger partial charge in [-0.2, -0.15) is 0 Å². The minimum Gasteiger partial charge on any atom is -0.494 e. The van der Waals surface area contributed by atoms with E-state index < -0.39 is 0 Å². The van der Waals surface area contributed by atoms with Crippen molar-refractivity contribution in [2.75, 3.05) is 13.2 Å². The maximum atomic E-state index is 10.4. The van der Waals surface area contributed by atoms with Gasteiger partial charge in [-0.15, -0.1) is 0 Å². The van der Waals surface area contributed by atoms with E-state index in [2.05, 4.69) is 12.2 Å². The van der Waals surface area contributed by atoms with Crippen LogP contribution in [0.4, 0.5) is 0 Å². The maximum absolute atomic E-state index is 10.4. The Bertz CT molecular complexity index is 369. The highest BCUT2D eigenvalue weighted by molar-refractivity contribution is 5.28. The molecule has 1 saturated heterocycles. The fraction of sp³-hybridized carbons (Fsp3) is 0.647. The molecule has 2 N–H and O–H groups in total. The molecule has 2 rings (SSSR count). The van der Waals surface area contributed by atoms with Crippen LogP contribution in [0.2, 0.25) is 0 Å². The van der Waals surface area contributed by atoms with E-state index in [1.165, 1.54) is 25.7 Å². The lowest BCUT2D eigenvalue weighted by Crippen LogP contribution is -2.29. The Morgan fingerprint density at radius 2 is 2.05 bits per heavy atom. The summed E-state index contributed by atoms with van der Waals surface area (Å²) < 4.78 is 5.56. The zero-order chi connectivity index (χ0) is 14.2. The highest BCUT2D eigenvalue weighted by Crippen LogP contribution is 2.24. The maximum Gasteiger partial charge on any atom is 0.119 e. The van der Waals surface area contributed by atoms with Crippen LogP contribution in [0.3, 0.4) is 0 Å². The first-order chi connectivity index (χ1) is 9.79. The first-order valence-electron chi connectivity index (χ1n) is 7.94. The van der Waals surface area contributed by atoms with E-state index in [4.69, 9.17) is 4.74 Å². The van der Waals surface area contributed by atoms with Gasteiger partial charge in [0, 0.05) is 6.04 Å². The van der Waals surface area contributed by atoms with Crippen molar-refractivity contribution in [3.8, 4) is 5.75 Å². The van der Waals surface area contributed by atoms with Gasteiger partial charge in [-0.25, -0.2) is 0 Å². The van der Waals surface area contributed by atoms with Crippen molar-refractivity contribution in [1.82, 2.24) is 5.32 Å². The highest BCUT2D eigenvalue weighted by atomic mass is 16.5. The minimum atomic E-state index is -0.383. The molecular formula is C17H27NO2. The van der Waals surface area contributed by atoms with Crippen molar-refractivity contribution in [1.29, 1.82) is 0 Å². The second-order valence-corrected chi connectivity index (χ2v) is 5.67. The summed E-state index contributed by atoms with van der Waals surface area (Å²) in [6.45, 7) is 3.92. The van der Waals surface area contributed by atoms with E-state index in [0.717, 1.165) is 37.3 Å². The number of aliphatic hydroxyl groups excluding tert-OH is 1. The van der Waals surface area contributed by atoms with Gasteiger partial charge in [0.1, 0.15) is 5.75 Å². The molecule has 2 atom stereocenters. The summed E-state index contributed by atoms with van der Waals surface area (Å²) in [4.78, 5) is 0. The van der Waals surface area contributed by atoms with Gasteiger partial charge in [0.25, 0.3) is 0 Å². The molecule has 0 radical (unpaired) electrons. The fourth-order valence-corrected chi connectivity index (χ4v) is 2.71. The average molecular weight is 277 g/mol. The van der Waals surface area contributed by atoms with Crippen LogP contribution in [0.1, 0.15) is 57.1 Å². The van der Waals surface area contributed by atoms with E-state index >= 15 is 0 Å². The molecule has 3 heteroatoms. The van der Waals surface area contributed by atoms with Crippen LogP contribution in [0.5, 0.6) is 5.75 Å². The SMILES string of the molecule is CCCOc1ccc(C(O)CC2CCCCCN2)cc1. The van der Waals surface area contributed by atoms with Crippen LogP contribution in [0.15, 0.2) is 24.3 Å². The molecular weight excluding hydrogens is 250 g/mol. The molecule has 2 unspecified atom stereocenters. The van der Waals surface area contributed by atoms with Crippen molar-refractivity contribution in [2.45, 2.75) is 57.6 Å². The van der Waals surface area contributed by atoms with E-state index in [9.17, 15) is 5.11 Å². The summed E-state index contributed by atoms with van der Waals surface area (Å²) >= 11 is 0. The Hall–Kier alpha value is -1.06. The summed E-state index contributed by atoms with van der Waals surface area (Å²) in [7, 11) is 0. The van der Waals surface area contributed by atoms with Crippen LogP contribution < -0.4 is 10.1 Å². The van der Waals surface area contributed by atoms with E-state index in [1.807, 2.05) is 24.3 Å². The normalized spacial score (nSPS) is 21.2. The zero-order valence-electron chi connectivity index (χ0n) is 12.5. The molecule has 3 nitrogen and oxygen atoms in total. The van der Waals surface area contributed by atoms with Gasteiger partial charge in [-0.3, -0.25) is 0 Å². The number of hydrogen-bond donors (Lipinski definition) is 2. The standard InChI is InChI=1S/C17H27NO2/c1-2-12-20-16-9-7-14(8-10-16)17(19)13-15-6-4-3-5-11-18-15/h7-10,15,17-19H,2-6,11-13H2,1H3. The fourth-order valence-electron chi connectivity index (χ4n) is 2.71. The third kappa shape index (κ3) is 4.80. The molecule has 0 aromatic heterocycles. The molecule has 0 amide bonds. The minimum absolute atomic E-state index is 0.383. The lowest BCUT2D eigenvalue weighted by atomic mass is 9.99. The van der Waals surface area contributed by atoms with Gasteiger partial charge in [0.05, 0.1) is 12.7 Å². The Morgan fingerprint density at radius 3 is 2.80 bits per heavy atom. The molecule has 1 aromatic carbocycles. The second-order valence-electron chi connectivity index (χ2n) is 5.67. The van der Waals surface area contributed by atoms with Crippen LogP contribution in [0.25, 0.3) is 0 Å². The molecule has 0 spiro atoms. The quantitative estimate of drug-likeness (QED) is 0.837. The van der Waals surface area contributed by atoms with Crippen molar-refractivity contribution in [2.24, 2.45) is 0 Å².